The van der Waals surface area contributed by atoms with Crippen LogP contribution in [0.15, 0.2) is 36.7 Å². The van der Waals surface area contributed by atoms with Gasteiger partial charge in [0.1, 0.15) is 11.9 Å². The molecule has 1 aromatic carbocycles. The van der Waals surface area contributed by atoms with Gasteiger partial charge in [0.15, 0.2) is 5.75 Å². The van der Waals surface area contributed by atoms with Crippen molar-refractivity contribution >= 4 is 5.91 Å². The van der Waals surface area contributed by atoms with Crippen LogP contribution in [0.3, 0.4) is 0 Å². The number of hydroxylamine groups is 1. The summed E-state index contributed by atoms with van der Waals surface area (Å²) in [5.74, 6) is 0.344. The summed E-state index contributed by atoms with van der Waals surface area (Å²) in [6.07, 6.45) is 2.86. The molecule has 1 aromatic heterocycles. The Balaban J connectivity index is 1.66. The number of nitrogens with one attached hydrogen (secondary N) is 1. The van der Waals surface area contributed by atoms with E-state index in [2.05, 4.69) is 21.0 Å². The molecule has 0 spiro atoms. The smallest absolute Gasteiger partial charge is 0.280 e. The molecule has 1 amide bonds. The predicted molar refractivity (Wildman–Crippen MR) is 60.2 cm³/mol. The second-order valence-corrected chi connectivity index (χ2v) is 4.13. The van der Waals surface area contributed by atoms with Crippen molar-refractivity contribution < 1.29 is 9.63 Å². The SMILES string of the molecule is O=C(NOc1ccccc1)C1(n2cnnn2)CC1. The predicted octanol–water partition coefficient (Wildman–Crippen LogP) is 0.272. The van der Waals surface area contributed by atoms with Gasteiger partial charge in [0.25, 0.3) is 5.91 Å². The highest BCUT2D eigenvalue weighted by Gasteiger charge is 2.53. The monoisotopic (exact) mass is 245 g/mol. The maximum atomic E-state index is 12.0. The molecule has 0 unspecified atom stereocenters. The van der Waals surface area contributed by atoms with E-state index in [4.69, 9.17) is 4.84 Å². The van der Waals surface area contributed by atoms with Crippen molar-refractivity contribution in [3.05, 3.63) is 36.7 Å². The maximum absolute atomic E-state index is 12.0. The molecule has 0 radical (unpaired) electrons. The van der Waals surface area contributed by atoms with Crippen molar-refractivity contribution in [3.63, 3.8) is 0 Å². The van der Waals surface area contributed by atoms with E-state index >= 15 is 0 Å². The van der Waals surface area contributed by atoms with Gasteiger partial charge in [-0.2, -0.15) is 5.48 Å². The summed E-state index contributed by atoms with van der Waals surface area (Å²) < 4.78 is 1.47. The van der Waals surface area contributed by atoms with E-state index in [1.807, 2.05) is 18.2 Å². The number of aromatic nitrogens is 4. The first-order chi connectivity index (χ1) is 8.81. The summed E-state index contributed by atoms with van der Waals surface area (Å²) >= 11 is 0. The summed E-state index contributed by atoms with van der Waals surface area (Å²) in [6, 6.07) is 9.05. The van der Waals surface area contributed by atoms with Crippen LogP contribution in [0.5, 0.6) is 5.75 Å². The minimum Gasteiger partial charge on any atom is -0.379 e. The van der Waals surface area contributed by atoms with Crippen molar-refractivity contribution in [2.45, 2.75) is 18.4 Å². The largest absolute Gasteiger partial charge is 0.379 e. The van der Waals surface area contributed by atoms with Crippen LogP contribution in [0, 0.1) is 0 Å². The lowest BCUT2D eigenvalue weighted by Crippen LogP contribution is -2.40. The van der Waals surface area contributed by atoms with E-state index in [-0.39, 0.29) is 5.91 Å². The lowest BCUT2D eigenvalue weighted by atomic mass is 10.3. The van der Waals surface area contributed by atoms with Gasteiger partial charge in [-0.25, -0.2) is 4.68 Å². The molecule has 2 aromatic rings. The molecule has 1 fully saturated rings. The molecule has 7 heteroatoms. The number of hydrogen-bond acceptors (Lipinski definition) is 5. The van der Waals surface area contributed by atoms with Gasteiger partial charge >= 0.3 is 0 Å². The second-order valence-electron chi connectivity index (χ2n) is 4.13. The molecule has 92 valence electrons. The molecule has 7 nitrogen and oxygen atoms in total. The highest BCUT2D eigenvalue weighted by molar-refractivity contribution is 5.86. The van der Waals surface area contributed by atoms with Crippen LogP contribution < -0.4 is 10.3 Å². The Hall–Kier alpha value is -2.44. The highest BCUT2D eigenvalue weighted by atomic mass is 16.7. The molecule has 1 aliphatic carbocycles. The average Bonchev–Trinajstić information content (AvgIpc) is 3.05. The number of para-hydroxylation sites is 1. The van der Waals surface area contributed by atoms with Crippen molar-refractivity contribution in [2.24, 2.45) is 0 Å². The number of carbonyl (C=O) groups excluding carboxylic acids is 1. The van der Waals surface area contributed by atoms with Crippen LogP contribution in [-0.2, 0) is 10.3 Å². The van der Waals surface area contributed by atoms with Gasteiger partial charge < -0.3 is 4.84 Å². The van der Waals surface area contributed by atoms with Gasteiger partial charge in [0.2, 0.25) is 0 Å². The molecular weight excluding hydrogens is 234 g/mol. The van der Waals surface area contributed by atoms with Gasteiger partial charge in [0, 0.05) is 0 Å². The van der Waals surface area contributed by atoms with Crippen molar-refractivity contribution in [3.8, 4) is 5.75 Å². The summed E-state index contributed by atoms with van der Waals surface area (Å²) in [5, 5.41) is 10.8. The maximum Gasteiger partial charge on any atom is 0.280 e. The molecule has 3 rings (SSSR count). The standard InChI is InChI=1S/C11H11N5O2/c17-10(13-18-9-4-2-1-3-5-9)11(6-7-11)16-8-12-14-15-16/h1-5,8H,6-7H2,(H,13,17). The van der Waals surface area contributed by atoms with E-state index in [1.54, 1.807) is 12.1 Å². The van der Waals surface area contributed by atoms with E-state index in [0.717, 1.165) is 0 Å². The molecular formula is C11H11N5O2. The Kier molecular flexibility index (Phi) is 2.44. The number of hydrogen-bond donors (Lipinski definition) is 1. The van der Waals surface area contributed by atoms with E-state index in [9.17, 15) is 4.79 Å². The molecule has 1 aliphatic rings. The third-order valence-corrected chi connectivity index (χ3v) is 2.94. The van der Waals surface area contributed by atoms with Gasteiger partial charge in [-0.3, -0.25) is 4.79 Å². The number of rotatable bonds is 4. The second kappa shape index (κ2) is 4.10. The molecule has 18 heavy (non-hydrogen) atoms. The molecule has 1 heterocycles. The zero-order chi connectivity index (χ0) is 12.4. The molecule has 0 atom stereocenters. The lowest BCUT2D eigenvalue weighted by Gasteiger charge is -2.14. The van der Waals surface area contributed by atoms with E-state index < -0.39 is 5.54 Å². The zero-order valence-electron chi connectivity index (χ0n) is 9.48. The quantitative estimate of drug-likeness (QED) is 0.782. The summed E-state index contributed by atoms with van der Waals surface area (Å²) in [5.41, 5.74) is 1.75. The first-order valence-electron chi connectivity index (χ1n) is 5.57. The van der Waals surface area contributed by atoms with Crippen molar-refractivity contribution in [1.29, 1.82) is 0 Å². The number of nitrogens with zero attached hydrogens (tertiary/aromatic N) is 4. The number of carbonyl (C=O) groups is 1. The van der Waals surface area contributed by atoms with Crippen LogP contribution in [0.4, 0.5) is 0 Å². The summed E-state index contributed by atoms with van der Waals surface area (Å²) in [7, 11) is 0. The minimum absolute atomic E-state index is 0.237. The Morgan fingerprint density at radius 3 is 2.72 bits per heavy atom. The summed E-state index contributed by atoms with van der Waals surface area (Å²) in [6.45, 7) is 0. The third kappa shape index (κ3) is 1.79. The molecule has 0 bridgehead atoms. The van der Waals surface area contributed by atoms with Crippen LogP contribution in [0.1, 0.15) is 12.8 Å². The Morgan fingerprint density at radius 2 is 2.11 bits per heavy atom. The number of tetrazole rings is 1. The van der Waals surface area contributed by atoms with Crippen molar-refractivity contribution in [2.75, 3.05) is 0 Å². The third-order valence-electron chi connectivity index (χ3n) is 2.94. The van der Waals surface area contributed by atoms with Gasteiger partial charge in [-0.1, -0.05) is 18.2 Å². The number of benzene rings is 1. The molecule has 0 aliphatic heterocycles. The first-order valence-corrected chi connectivity index (χ1v) is 5.57. The van der Waals surface area contributed by atoms with Gasteiger partial charge in [-0.05, 0) is 35.4 Å². The van der Waals surface area contributed by atoms with Gasteiger partial charge in [-0.15, -0.1) is 5.10 Å². The fourth-order valence-corrected chi connectivity index (χ4v) is 1.72. The fourth-order valence-electron chi connectivity index (χ4n) is 1.72. The highest BCUT2D eigenvalue weighted by Crippen LogP contribution is 2.42. The summed E-state index contributed by atoms with van der Waals surface area (Å²) in [4.78, 5) is 17.3. The average molecular weight is 245 g/mol. The molecule has 1 N–H and O–H groups in total. The Labute approximate surface area is 103 Å². The van der Waals surface area contributed by atoms with Crippen LogP contribution in [-0.4, -0.2) is 26.1 Å². The van der Waals surface area contributed by atoms with E-state index in [1.165, 1.54) is 11.0 Å². The first kappa shape index (κ1) is 10.7. The Bertz CT molecular complexity index is 536. The Morgan fingerprint density at radius 1 is 1.33 bits per heavy atom. The topological polar surface area (TPSA) is 81.9 Å². The van der Waals surface area contributed by atoms with Crippen LogP contribution in [0.25, 0.3) is 0 Å². The van der Waals surface area contributed by atoms with Gasteiger partial charge in [0.05, 0.1) is 0 Å². The van der Waals surface area contributed by atoms with Crippen LogP contribution >= 0.6 is 0 Å². The van der Waals surface area contributed by atoms with Crippen molar-refractivity contribution in [1.82, 2.24) is 25.7 Å². The normalized spacial score (nSPS) is 16.0. The molecule has 0 saturated heterocycles. The zero-order valence-corrected chi connectivity index (χ0v) is 9.48. The van der Waals surface area contributed by atoms with E-state index in [0.29, 0.717) is 18.6 Å². The number of amides is 1. The van der Waals surface area contributed by atoms with Crippen LogP contribution in [0.2, 0.25) is 0 Å². The molecule has 1 saturated carbocycles. The lowest BCUT2D eigenvalue weighted by molar-refractivity contribution is -0.132. The minimum atomic E-state index is -0.682. The fraction of sp³-hybridized carbons (Fsp3) is 0.273.